The SMILES string of the molecule is CC1CCC(C[C@H](N)c2ccccc2)(C(C)C)C(O)(C(N)=O)C1. The summed E-state index contributed by atoms with van der Waals surface area (Å²) >= 11 is 0. The average molecular weight is 318 g/mol. The summed E-state index contributed by atoms with van der Waals surface area (Å²) in [5.74, 6) is -0.215. The lowest BCUT2D eigenvalue weighted by atomic mass is 9.53. The van der Waals surface area contributed by atoms with Crippen LogP contribution < -0.4 is 11.5 Å². The smallest absolute Gasteiger partial charge is 0.249 e. The predicted molar refractivity (Wildman–Crippen MR) is 92.4 cm³/mol. The van der Waals surface area contributed by atoms with E-state index in [1.165, 1.54) is 0 Å². The first kappa shape index (κ1) is 18.0. The van der Waals surface area contributed by atoms with E-state index in [2.05, 4.69) is 20.8 Å². The second kappa shape index (κ2) is 6.62. The van der Waals surface area contributed by atoms with Crippen LogP contribution in [0.1, 0.15) is 58.1 Å². The van der Waals surface area contributed by atoms with Crippen LogP contribution in [0.5, 0.6) is 0 Å². The van der Waals surface area contributed by atoms with Crippen molar-refractivity contribution in [2.75, 3.05) is 0 Å². The van der Waals surface area contributed by atoms with E-state index in [1.807, 2.05) is 30.3 Å². The van der Waals surface area contributed by atoms with Crippen molar-refractivity contribution in [3.05, 3.63) is 35.9 Å². The Morgan fingerprint density at radius 2 is 1.96 bits per heavy atom. The van der Waals surface area contributed by atoms with Crippen molar-refractivity contribution in [1.29, 1.82) is 0 Å². The number of hydrogen-bond donors (Lipinski definition) is 3. The van der Waals surface area contributed by atoms with Gasteiger partial charge in [-0.15, -0.1) is 0 Å². The van der Waals surface area contributed by atoms with Crippen LogP contribution in [0.15, 0.2) is 30.3 Å². The molecule has 1 aromatic rings. The highest BCUT2D eigenvalue weighted by atomic mass is 16.3. The molecule has 1 aliphatic carbocycles. The Morgan fingerprint density at radius 3 is 2.48 bits per heavy atom. The van der Waals surface area contributed by atoms with E-state index in [9.17, 15) is 9.90 Å². The minimum Gasteiger partial charge on any atom is -0.379 e. The molecule has 1 amide bonds. The summed E-state index contributed by atoms with van der Waals surface area (Å²) in [5.41, 5.74) is 11.1. The monoisotopic (exact) mass is 318 g/mol. The summed E-state index contributed by atoms with van der Waals surface area (Å²) in [5, 5.41) is 11.3. The van der Waals surface area contributed by atoms with Crippen LogP contribution in [0.3, 0.4) is 0 Å². The molecule has 128 valence electrons. The summed E-state index contributed by atoms with van der Waals surface area (Å²) in [6.07, 6.45) is 2.73. The molecule has 0 aliphatic heterocycles. The van der Waals surface area contributed by atoms with Gasteiger partial charge in [0.15, 0.2) is 0 Å². The quantitative estimate of drug-likeness (QED) is 0.780. The highest BCUT2D eigenvalue weighted by Crippen LogP contribution is 2.55. The molecule has 1 fully saturated rings. The van der Waals surface area contributed by atoms with Gasteiger partial charge in [0.05, 0.1) is 0 Å². The Hall–Kier alpha value is -1.39. The Kier molecular flexibility index (Phi) is 5.17. The van der Waals surface area contributed by atoms with Gasteiger partial charge in [0.1, 0.15) is 5.60 Å². The fourth-order valence-corrected chi connectivity index (χ4v) is 4.35. The Balaban J connectivity index is 2.39. The third-order valence-electron chi connectivity index (χ3n) is 5.88. The van der Waals surface area contributed by atoms with Crippen molar-refractivity contribution in [1.82, 2.24) is 0 Å². The Morgan fingerprint density at radius 1 is 1.35 bits per heavy atom. The summed E-state index contributed by atoms with van der Waals surface area (Å²) in [7, 11) is 0. The van der Waals surface area contributed by atoms with E-state index >= 15 is 0 Å². The topological polar surface area (TPSA) is 89.3 Å². The van der Waals surface area contributed by atoms with Crippen LogP contribution in [-0.4, -0.2) is 16.6 Å². The summed E-state index contributed by atoms with van der Waals surface area (Å²) in [6.45, 7) is 6.18. The lowest BCUT2D eigenvalue weighted by Crippen LogP contribution is -2.62. The van der Waals surface area contributed by atoms with Gasteiger partial charge in [-0.2, -0.15) is 0 Å². The first-order valence-electron chi connectivity index (χ1n) is 8.56. The minimum atomic E-state index is -1.49. The number of carbonyl (C=O) groups excluding carboxylic acids is 1. The zero-order valence-electron chi connectivity index (χ0n) is 14.5. The van der Waals surface area contributed by atoms with E-state index in [0.717, 1.165) is 18.4 Å². The molecule has 1 aromatic carbocycles. The van der Waals surface area contributed by atoms with E-state index in [-0.39, 0.29) is 17.9 Å². The molecule has 3 unspecified atom stereocenters. The van der Waals surface area contributed by atoms with Gasteiger partial charge in [0, 0.05) is 11.5 Å². The number of nitrogens with two attached hydrogens (primary N) is 2. The fraction of sp³-hybridized carbons (Fsp3) is 0.632. The van der Waals surface area contributed by atoms with Crippen LogP contribution in [0.2, 0.25) is 0 Å². The maximum atomic E-state index is 12.2. The van der Waals surface area contributed by atoms with Crippen LogP contribution in [0.25, 0.3) is 0 Å². The number of carbonyl (C=O) groups is 1. The van der Waals surface area contributed by atoms with Crippen molar-refractivity contribution in [3.8, 4) is 0 Å². The largest absolute Gasteiger partial charge is 0.379 e. The fourth-order valence-electron chi connectivity index (χ4n) is 4.35. The molecule has 5 N–H and O–H groups in total. The molecule has 4 nitrogen and oxygen atoms in total. The second-order valence-electron chi connectivity index (χ2n) is 7.60. The molecule has 23 heavy (non-hydrogen) atoms. The molecular formula is C19H30N2O2. The molecule has 1 saturated carbocycles. The van der Waals surface area contributed by atoms with Gasteiger partial charge in [-0.3, -0.25) is 4.79 Å². The Labute approximate surface area is 139 Å². The molecule has 0 heterocycles. The second-order valence-corrected chi connectivity index (χ2v) is 7.60. The zero-order chi connectivity index (χ0) is 17.3. The maximum Gasteiger partial charge on any atom is 0.249 e. The molecule has 0 bridgehead atoms. The molecule has 0 saturated heterocycles. The van der Waals surface area contributed by atoms with Gasteiger partial charge in [0.25, 0.3) is 0 Å². The van der Waals surface area contributed by atoms with Gasteiger partial charge in [-0.05, 0) is 43.1 Å². The maximum absolute atomic E-state index is 12.2. The molecule has 4 atom stereocenters. The predicted octanol–water partition coefficient (Wildman–Crippen LogP) is 2.76. The molecule has 0 aromatic heterocycles. The number of hydrogen-bond acceptors (Lipinski definition) is 3. The number of primary amides is 1. The number of rotatable bonds is 5. The van der Waals surface area contributed by atoms with Crippen LogP contribution in [0, 0.1) is 17.3 Å². The number of amides is 1. The molecular weight excluding hydrogens is 288 g/mol. The van der Waals surface area contributed by atoms with Gasteiger partial charge < -0.3 is 16.6 Å². The first-order valence-corrected chi connectivity index (χ1v) is 8.56. The van der Waals surface area contributed by atoms with Gasteiger partial charge in [-0.25, -0.2) is 0 Å². The number of benzene rings is 1. The van der Waals surface area contributed by atoms with E-state index in [4.69, 9.17) is 11.5 Å². The third-order valence-corrected chi connectivity index (χ3v) is 5.88. The van der Waals surface area contributed by atoms with Crippen LogP contribution in [-0.2, 0) is 4.79 Å². The molecule has 1 aliphatic rings. The summed E-state index contributed by atoms with van der Waals surface area (Å²) in [6, 6.07) is 9.64. The molecule has 0 radical (unpaired) electrons. The van der Waals surface area contributed by atoms with Crippen molar-refractivity contribution in [2.45, 2.75) is 58.1 Å². The van der Waals surface area contributed by atoms with Gasteiger partial charge in [-0.1, -0.05) is 51.1 Å². The standard InChI is InChI=1S/C19H30N2O2/c1-13(2)18(12-16(20)15-7-5-4-6-8-15)10-9-14(3)11-19(18,23)17(21)22/h4-8,13-14,16,23H,9-12,20H2,1-3H3,(H2,21,22)/t14?,16-,18?,19?/m0/s1. The van der Waals surface area contributed by atoms with Crippen molar-refractivity contribution >= 4 is 5.91 Å². The molecule has 4 heteroatoms. The lowest BCUT2D eigenvalue weighted by Gasteiger charge is -2.54. The summed E-state index contributed by atoms with van der Waals surface area (Å²) < 4.78 is 0. The highest BCUT2D eigenvalue weighted by Gasteiger charge is 2.58. The number of aliphatic hydroxyl groups is 1. The van der Waals surface area contributed by atoms with Crippen molar-refractivity contribution in [3.63, 3.8) is 0 Å². The highest BCUT2D eigenvalue weighted by molar-refractivity contribution is 5.84. The van der Waals surface area contributed by atoms with E-state index in [1.54, 1.807) is 0 Å². The Bertz CT molecular complexity index is 546. The normalized spacial score (nSPS) is 32.7. The molecule has 2 rings (SSSR count). The minimum absolute atomic E-state index is 0.113. The zero-order valence-corrected chi connectivity index (χ0v) is 14.5. The summed E-state index contributed by atoms with van der Waals surface area (Å²) in [4.78, 5) is 12.2. The van der Waals surface area contributed by atoms with E-state index in [0.29, 0.717) is 12.8 Å². The first-order chi connectivity index (χ1) is 10.7. The third kappa shape index (κ3) is 3.15. The molecule has 0 spiro atoms. The van der Waals surface area contributed by atoms with Crippen LogP contribution in [0.4, 0.5) is 0 Å². The van der Waals surface area contributed by atoms with E-state index < -0.39 is 16.9 Å². The van der Waals surface area contributed by atoms with Crippen LogP contribution >= 0.6 is 0 Å². The lowest BCUT2D eigenvalue weighted by molar-refractivity contribution is -0.177. The average Bonchev–Trinajstić information content (AvgIpc) is 2.50. The van der Waals surface area contributed by atoms with Gasteiger partial charge in [0.2, 0.25) is 5.91 Å². The van der Waals surface area contributed by atoms with Crippen molar-refractivity contribution in [2.24, 2.45) is 28.7 Å². The van der Waals surface area contributed by atoms with Gasteiger partial charge >= 0.3 is 0 Å². The van der Waals surface area contributed by atoms with Crippen molar-refractivity contribution < 1.29 is 9.90 Å².